The van der Waals surface area contributed by atoms with Crippen molar-refractivity contribution < 1.29 is 39.6 Å². The molecule has 30 heavy (non-hydrogen) atoms. The Balaban J connectivity index is -0.000000174. The Labute approximate surface area is 180 Å². The van der Waals surface area contributed by atoms with Gasteiger partial charge in [-0.2, -0.15) is 4.99 Å². The summed E-state index contributed by atoms with van der Waals surface area (Å²) in [6, 6.07) is 7.74. The molecular formula is C18H29N3O8S. The van der Waals surface area contributed by atoms with E-state index < -0.39 is 23.9 Å². The van der Waals surface area contributed by atoms with Crippen molar-refractivity contribution in [1.29, 1.82) is 0 Å². The molecule has 12 heteroatoms. The molecule has 1 aromatic carbocycles. The Hall–Kier alpha value is -3.18. The number of nitrogens with zero attached hydrogens (tertiary/aromatic N) is 1. The molecule has 0 aliphatic heterocycles. The fourth-order valence-electron chi connectivity index (χ4n) is 1.15. The minimum absolute atomic E-state index is 0.0230. The fourth-order valence-corrected chi connectivity index (χ4v) is 1.25. The summed E-state index contributed by atoms with van der Waals surface area (Å²) in [5, 5.41) is 32.0. The maximum absolute atomic E-state index is 9.00. The van der Waals surface area contributed by atoms with E-state index in [0.29, 0.717) is 6.54 Å². The van der Waals surface area contributed by atoms with Gasteiger partial charge >= 0.3 is 0 Å². The first kappa shape index (κ1) is 34.3. The molecule has 0 spiro atoms. The van der Waals surface area contributed by atoms with Crippen LogP contribution in [0, 0.1) is 0 Å². The average Bonchev–Trinajstić information content (AvgIpc) is 2.55. The Bertz CT molecular complexity index is 611. The van der Waals surface area contributed by atoms with Crippen LogP contribution in [-0.4, -0.2) is 62.1 Å². The van der Waals surface area contributed by atoms with Crippen molar-refractivity contribution in [2.24, 2.45) is 16.5 Å². The van der Waals surface area contributed by atoms with Crippen molar-refractivity contribution in [3.63, 3.8) is 0 Å². The van der Waals surface area contributed by atoms with E-state index in [9.17, 15) is 0 Å². The summed E-state index contributed by atoms with van der Waals surface area (Å²) in [7, 11) is 0. The van der Waals surface area contributed by atoms with Crippen molar-refractivity contribution in [2.45, 2.75) is 40.2 Å². The van der Waals surface area contributed by atoms with Crippen LogP contribution in [-0.2, 0) is 25.6 Å². The van der Waals surface area contributed by atoms with Crippen molar-refractivity contribution in [2.75, 3.05) is 6.54 Å². The van der Waals surface area contributed by atoms with Gasteiger partial charge < -0.3 is 31.9 Å². The van der Waals surface area contributed by atoms with Gasteiger partial charge in [0.2, 0.25) is 0 Å². The topological polar surface area (TPSA) is 214 Å². The predicted octanol–water partition coefficient (Wildman–Crippen LogP) is 1.61. The van der Waals surface area contributed by atoms with E-state index in [1.807, 2.05) is 24.3 Å². The maximum atomic E-state index is 9.00. The van der Waals surface area contributed by atoms with Gasteiger partial charge in [-0.15, -0.1) is 0 Å². The van der Waals surface area contributed by atoms with Gasteiger partial charge in [0.15, 0.2) is 0 Å². The molecule has 8 N–H and O–H groups in total. The molecular weight excluding hydrogens is 418 g/mol. The largest absolute Gasteiger partial charge is 0.481 e. The van der Waals surface area contributed by atoms with Crippen LogP contribution >= 0.6 is 12.2 Å². The molecule has 0 saturated heterocycles. The summed E-state index contributed by atoms with van der Waals surface area (Å²) in [6.07, 6.45) is 0.790. The second kappa shape index (κ2) is 23.9. The molecule has 11 nitrogen and oxygen atoms in total. The van der Waals surface area contributed by atoms with Crippen molar-refractivity contribution >= 4 is 46.9 Å². The van der Waals surface area contributed by atoms with Crippen molar-refractivity contribution in [1.82, 2.24) is 0 Å². The van der Waals surface area contributed by atoms with E-state index in [1.165, 1.54) is 0 Å². The molecule has 0 aliphatic carbocycles. The number of aliphatic imine (C=N–C) groups is 1. The van der Waals surface area contributed by atoms with E-state index in [0.717, 1.165) is 45.4 Å². The summed E-state index contributed by atoms with van der Waals surface area (Å²) < 4.78 is 0. The Morgan fingerprint density at radius 2 is 1.20 bits per heavy atom. The number of isothiocyanates is 1. The van der Waals surface area contributed by atoms with Gasteiger partial charge in [-0.1, -0.05) is 12.1 Å². The summed E-state index contributed by atoms with van der Waals surface area (Å²) in [4.78, 5) is 39.9. The third-order valence-electron chi connectivity index (χ3n) is 1.91. The van der Waals surface area contributed by atoms with Gasteiger partial charge in [-0.25, -0.2) is 0 Å². The van der Waals surface area contributed by atoms with Gasteiger partial charge in [0.1, 0.15) is 0 Å². The van der Waals surface area contributed by atoms with Crippen LogP contribution in [0.4, 0.5) is 5.69 Å². The molecule has 0 aromatic heterocycles. The number of carboxylic acid groups (broad SMARTS) is 4. The number of carboxylic acids is 4. The molecule has 1 rings (SSSR count). The zero-order valence-electron chi connectivity index (χ0n) is 17.2. The quantitative estimate of drug-likeness (QED) is 0.288. The van der Waals surface area contributed by atoms with Crippen molar-refractivity contribution in [3.8, 4) is 0 Å². The van der Waals surface area contributed by atoms with E-state index in [2.05, 4.69) is 22.4 Å². The lowest BCUT2D eigenvalue weighted by Crippen LogP contribution is -2.31. The first-order chi connectivity index (χ1) is 13.7. The number of benzene rings is 1. The zero-order valence-corrected chi connectivity index (χ0v) is 18.0. The summed E-state index contributed by atoms with van der Waals surface area (Å²) in [5.74, 6) is -3.33. The maximum Gasteiger partial charge on any atom is 0.300 e. The lowest BCUT2D eigenvalue weighted by molar-refractivity contribution is -0.135. The lowest BCUT2D eigenvalue weighted by atomic mass is 10.1. The van der Waals surface area contributed by atoms with Crippen LogP contribution < -0.4 is 11.5 Å². The summed E-state index contributed by atoms with van der Waals surface area (Å²) >= 11 is 4.50. The normalized spacial score (nSPS) is 8.87. The number of nitrogens with two attached hydrogens (primary N) is 2. The second-order valence-corrected chi connectivity index (χ2v) is 5.33. The highest BCUT2D eigenvalue weighted by Gasteiger charge is 2.00. The van der Waals surface area contributed by atoms with Gasteiger partial charge in [0.25, 0.3) is 23.9 Å². The molecule has 0 aliphatic rings. The predicted molar refractivity (Wildman–Crippen MR) is 115 cm³/mol. The number of carbonyl (C=O) groups is 4. The first-order valence-electron chi connectivity index (χ1n) is 8.10. The van der Waals surface area contributed by atoms with E-state index in [1.54, 1.807) is 0 Å². The SMILES string of the molecule is CC(=O)O.CC(=O)O.CC(=O)O.CC(=O)O.NCC(N)Cc1ccc(N=C=S)cc1. The Kier molecular flexibility index (Phi) is 27.3. The number of rotatable bonds is 4. The number of thiocarbonyl (C=S) groups is 1. The van der Waals surface area contributed by atoms with E-state index in [4.69, 9.17) is 51.1 Å². The monoisotopic (exact) mass is 447 g/mol. The fraction of sp³-hybridized carbons (Fsp3) is 0.389. The number of hydrogen-bond donors (Lipinski definition) is 6. The Morgan fingerprint density at radius 1 is 0.900 bits per heavy atom. The van der Waals surface area contributed by atoms with Crippen molar-refractivity contribution in [3.05, 3.63) is 29.8 Å². The second-order valence-electron chi connectivity index (χ2n) is 5.15. The van der Waals surface area contributed by atoms with Gasteiger partial charge in [-0.05, 0) is 36.3 Å². The molecule has 0 heterocycles. The minimum Gasteiger partial charge on any atom is -0.481 e. The molecule has 1 unspecified atom stereocenters. The first-order valence-corrected chi connectivity index (χ1v) is 8.50. The van der Waals surface area contributed by atoms with Gasteiger partial charge in [0, 0.05) is 40.3 Å². The van der Waals surface area contributed by atoms with Crippen LogP contribution in [0.2, 0.25) is 0 Å². The zero-order chi connectivity index (χ0) is 24.7. The minimum atomic E-state index is -0.833. The van der Waals surface area contributed by atoms with Crippen LogP contribution in [0.25, 0.3) is 0 Å². The third kappa shape index (κ3) is 56.3. The molecule has 0 amide bonds. The van der Waals surface area contributed by atoms with Gasteiger partial charge in [-0.3, -0.25) is 19.2 Å². The van der Waals surface area contributed by atoms with Crippen LogP contribution in [0.5, 0.6) is 0 Å². The van der Waals surface area contributed by atoms with Gasteiger partial charge in [0.05, 0.1) is 10.8 Å². The molecule has 170 valence electrons. The molecule has 1 aromatic rings. The highest BCUT2D eigenvalue weighted by Crippen LogP contribution is 2.12. The smallest absolute Gasteiger partial charge is 0.300 e. The highest BCUT2D eigenvalue weighted by atomic mass is 32.1. The molecule has 0 bridgehead atoms. The van der Waals surface area contributed by atoms with E-state index in [-0.39, 0.29) is 6.04 Å². The number of aliphatic carboxylic acids is 4. The molecule has 0 fully saturated rings. The summed E-state index contributed by atoms with van der Waals surface area (Å²) in [6.45, 7) is 4.83. The molecule has 1 atom stereocenters. The molecule has 0 radical (unpaired) electrons. The standard InChI is InChI=1S/C10H13N3S.4C2H4O2/c11-6-9(12)5-8-1-3-10(4-2-8)13-7-14;4*1-2(3)4/h1-4,9H,5-6,11-12H2;4*1H3,(H,3,4). The number of hydrogen-bond acceptors (Lipinski definition) is 8. The van der Waals surface area contributed by atoms with Crippen LogP contribution in [0.15, 0.2) is 29.3 Å². The lowest BCUT2D eigenvalue weighted by Gasteiger charge is -2.07. The average molecular weight is 448 g/mol. The summed E-state index contributed by atoms with van der Waals surface area (Å²) in [5.41, 5.74) is 13.1. The highest BCUT2D eigenvalue weighted by molar-refractivity contribution is 7.78. The van der Waals surface area contributed by atoms with Crippen LogP contribution in [0.3, 0.4) is 0 Å². The van der Waals surface area contributed by atoms with Crippen LogP contribution in [0.1, 0.15) is 33.3 Å². The molecule has 0 saturated carbocycles. The van der Waals surface area contributed by atoms with E-state index >= 15 is 0 Å². The Morgan fingerprint density at radius 3 is 1.43 bits per heavy atom. The third-order valence-corrected chi connectivity index (χ3v) is 2.00.